The van der Waals surface area contributed by atoms with E-state index < -0.39 is 0 Å². The minimum absolute atomic E-state index is 0.00735. The van der Waals surface area contributed by atoms with Crippen LogP contribution in [-0.2, 0) is 11.3 Å². The van der Waals surface area contributed by atoms with E-state index in [-0.39, 0.29) is 18.1 Å². The SMILES string of the molecule is Cc1cc2cc(CNC(=O)C(c3ccccc3)N3CCC(O)CC3)ccc2[nH]1. The Morgan fingerprint density at radius 1 is 1.18 bits per heavy atom. The monoisotopic (exact) mass is 377 g/mol. The van der Waals surface area contributed by atoms with Gasteiger partial charge in [0.25, 0.3) is 0 Å². The number of aromatic amines is 1. The van der Waals surface area contributed by atoms with Crippen LogP contribution < -0.4 is 5.32 Å². The lowest BCUT2D eigenvalue weighted by Gasteiger charge is -2.35. The number of rotatable bonds is 5. The van der Waals surface area contributed by atoms with E-state index in [0.29, 0.717) is 19.4 Å². The molecule has 1 atom stereocenters. The second kappa shape index (κ2) is 8.17. The minimum atomic E-state index is -0.327. The Balaban J connectivity index is 1.49. The highest BCUT2D eigenvalue weighted by molar-refractivity contribution is 5.84. The zero-order valence-corrected chi connectivity index (χ0v) is 16.2. The lowest BCUT2D eigenvalue weighted by atomic mass is 9.99. The van der Waals surface area contributed by atoms with Gasteiger partial charge in [-0.25, -0.2) is 0 Å². The number of aryl methyl sites for hydroxylation is 1. The van der Waals surface area contributed by atoms with Crippen LogP contribution in [0, 0.1) is 6.92 Å². The molecule has 1 fully saturated rings. The highest BCUT2D eigenvalue weighted by Crippen LogP contribution is 2.25. The van der Waals surface area contributed by atoms with Gasteiger partial charge in [0.1, 0.15) is 6.04 Å². The van der Waals surface area contributed by atoms with E-state index >= 15 is 0 Å². The van der Waals surface area contributed by atoms with Crippen LogP contribution in [0.2, 0.25) is 0 Å². The number of aromatic nitrogens is 1. The van der Waals surface area contributed by atoms with Gasteiger partial charge < -0.3 is 15.4 Å². The molecule has 2 heterocycles. The first-order valence-corrected chi connectivity index (χ1v) is 9.93. The van der Waals surface area contributed by atoms with Crippen molar-refractivity contribution in [1.82, 2.24) is 15.2 Å². The van der Waals surface area contributed by atoms with Gasteiger partial charge in [0.15, 0.2) is 0 Å². The van der Waals surface area contributed by atoms with Crippen molar-refractivity contribution in [3.05, 3.63) is 71.4 Å². The van der Waals surface area contributed by atoms with E-state index in [1.165, 1.54) is 0 Å². The molecule has 0 radical (unpaired) electrons. The van der Waals surface area contributed by atoms with Crippen LogP contribution in [-0.4, -0.2) is 40.1 Å². The smallest absolute Gasteiger partial charge is 0.242 e. The van der Waals surface area contributed by atoms with Crippen molar-refractivity contribution in [2.75, 3.05) is 13.1 Å². The van der Waals surface area contributed by atoms with Crippen molar-refractivity contribution in [2.45, 2.75) is 38.5 Å². The number of hydrogen-bond donors (Lipinski definition) is 3. The number of fused-ring (bicyclic) bond motifs is 1. The van der Waals surface area contributed by atoms with E-state index in [9.17, 15) is 9.90 Å². The number of amides is 1. The third-order valence-electron chi connectivity index (χ3n) is 5.51. The third-order valence-corrected chi connectivity index (χ3v) is 5.51. The molecule has 5 nitrogen and oxygen atoms in total. The van der Waals surface area contributed by atoms with Crippen LogP contribution in [0.1, 0.15) is 35.7 Å². The van der Waals surface area contributed by atoms with Gasteiger partial charge in [-0.2, -0.15) is 0 Å². The average Bonchev–Trinajstić information content (AvgIpc) is 3.08. The lowest BCUT2D eigenvalue weighted by Crippen LogP contribution is -2.45. The summed E-state index contributed by atoms with van der Waals surface area (Å²) in [6.45, 7) is 3.99. The maximum Gasteiger partial charge on any atom is 0.242 e. The number of carbonyl (C=O) groups excluding carboxylic acids is 1. The van der Waals surface area contributed by atoms with Crippen molar-refractivity contribution in [1.29, 1.82) is 0 Å². The average molecular weight is 377 g/mol. The third kappa shape index (κ3) is 4.11. The number of aliphatic hydroxyl groups is 1. The number of nitrogens with zero attached hydrogens (tertiary/aromatic N) is 1. The number of carbonyl (C=O) groups is 1. The molecule has 5 heteroatoms. The molecule has 146 valence electrons. The quantitative estimate of drug-likeness (QED) is 0.639. The fourth-order valence-corrected chi connectivity index (χ4v) is 4.03. The van der Waals surface area contributed by atoms with E-state index in [1.807, 2.05) is 43.3 Å². The second-order valence-corrected chi connectivity index (χ2v) is 7.67. The van der Waals surface area contributed by atoms with Gasteiger partial charge in [0.2, 0.25) is 5.91 Å². The van der Waals surface area contributed by atoms with Crippen LogP contribution in [0.4, 0.5) is 0 Å². The van der Waals surface area contributed by atoms with Crippen molar-refractivity contribution in [2.24, 2.45) is 0 Å². The summed E-state index contributed by atoms with van der Waals surface area (Å²) in [5, 5.41) is 14.1. The molecule has 1 aromatic heterocycles. The summed E-state index contributed by atoms with van der Waals surface area (Å²) in [4.78, 5) is 18.6. The number of H-pyrrole nitrogens is 1. The maximum absolute atomic E-state index is 13.1. The number of benzene rings is 2. The summed E-state index contributed by atoms with van der Waals surface area (Å²) >= 11 is 0. The zero-order valence-electron chi connectivity index (χ0n) is 16.2. The summed E-state index contributed by atoms with van der Waals surface area (Å²) < 4.78 is 0. The molecule has 2 aromatic carbocycles. The van der Waals surface area contributed by atoms with Crippen molar-refractivity contribution >= 4 is 16.8 Å². The van der Waals surface area contributed by atoms with Crippen LogP contribution in [0.15, 0.2) is 54.6 Å². The molecule has 1 saturated heterocycles. The molecule has 4 rings (SSSR count). The van der Waals surface area contributed by atoms with E-state index in [1.54, 1.807) is 0 Å². The van der Waals surface area contributed by atoms with Gasteiger partial charge in [-0.1, -0.05) is 36.4 Å². The molecule has 1 aliphatic heterocycles. The molecule has 3 aromatic rings. The topological polar surface area (TPSA) is 68.4 Å². The largest absolute Gasteiger partial charge is 0.393 e. The Hall–Kier alpha value is -2.63. The fourth-order valence-electron chi connectivity index (χ4n) is 4.03. The first-order valence-electron chi connectivity index (χ1n) is 9.93. The van der Waals surface area contributed by atoms with Crippen LogP contribution in [0.25, 0.3) is 10.9 Å². The fraction of sp³-hybridized carbons (Fsp3) is 0.348. The van der Waals surface area contributed by atoms with Gasteiger partial charge in [-0.15, -0.1) is 0 Å². The highest BCUT2D eigenvalue weighted by atomic mass is 16.3. The molecule has 3 N–H and O–H groups in total. The molecule has 1 unspecified atom stereocenters. The summed E-state index contributed by atoms with van der Waals surface area (Å²) in [5.74, 6) is 0.00735. The standard InChI is InChI=1S/C23H27N3O2/c1-16-13-19-14-17(7-8-21(19)25-16)15-24-23(28)22(18-5-3-2-4-6-18)26-11-9-20(27)10-12-26/h2-8,13-14,20,22,25,27H,9-12,15H2,1H3,(H,24,28). The Bertz CT molecular complexity index is 943. The summed E-state index contributed by atoms with van der Waals surface area (Å²) in [7, 11) is 0. The van der Waals surface area contributed by atoms with E-state index in [2.05, 4.69) is 33.4 Å². The van der Waals surface area contributed by atoms with Gasteiger partial charge in [-0.05, 0) is 54.5 Å². The van der Waals surface area contributed by atoms with Crippen LogP contribution in [0.5, 0.6) is 0 Å². The number of hydrogen-bond acceptors (Lipinski definition) is 3. The van der Waals surface area contributed by atoms with Gasteiger partial charge in [-0.3, -0.25) is 9.69 Å². The minimum Gasteiger partial charge on any atom is -0.393 e. The molecule has 0 aliphatic carbocycles. The normalized spacial score (nSPS) is 16.9. The number of aliphatic hydroxyl groups excluding tert-OH is 1. The molecule has 28 heavy (non-hydrogen) atoms. The molecule has 0 spiro atoms. The molecule has 0 saturated carbocycles. The predicted octanol–water partition coefficient (Wildman–Crippen LogP) is 3.29. The predicted molar refractivity (Wildman–Crippen MR) is 111 cm³/mol. The van der Waals surface area contributed by atoms with E-state index in [4.69, 9.17) is 0 Å². The molecular weight excluding hydrogens is 350 g/mol. The Morgan fingerprint density at radius 3 is 2.68 bits per heavy atom. The maximum atomic E-state index is 13.1. The first-order chi connectivity index (χ1) is 13.6. The van der Waals surface area contributed by atoms with Crippen molar-refractivity contribution in [3.63, 3.8) is 0 Å². The summed E-state index contributed by atoms with van der Waals surface area (Å²) in [6.07, 6.45) is 1.16. The molecule has 1 aliphatic rings. The first kappa shape index (κ1) is 18.7. The lowest BCUT2D eigenvalue weighted by molar-refractivity contribution is -0.127. The van der Waals surface area contributed by atoms with Gasteiger partial charge in [0, 0.05) is 30.8 Å². The van der Waals surface area contributed by atoms with Crippen molar-refractivity contribution < 1.29 is 9.90 Å². The number of nitrogens with one attached hydrogen (secondary N) is 2. The molecule has 0 bridgehead atoms. The van der Waals surface area contributed by atoms with Gasteiger partial charge in [0.05, 0.1) is 6.10 Å². The zero-order chi connectivity index (χ0) is 19.5. The Kier molecular flexibility index (Phi) is 5.46. The Labute approximate surface area is 165 Å². The molecular formula is C23H27N3O2. The van der Waals surface area contributed by atoms with Crippen molar-refractivity contribution in [3.8, 4) is 0 Å². The van der Waals surface area contributed by atoms with E-state index in [0.717, 1.165) is 40.8 Å². The summed E-state index contributed by atoms with van der Waals surface area (Å²) in [5.41, 5.74) is 4.32. The van der Waals surface area contributed by atoms with Crippen LogP contribution >= 0.6 is 0 Å². The highest BCUT2D eigenvalue weighted by Gasteiger charge is 2.30. The number of likely N-dealkylation sites (tertiary alicyclic amines) is 1. The summed E-state index contributed by atoms with van der Waals surface area (Å²) in [6, 6.07) is 17.9. The van der Waals surface area contributed by atoms with Crippen LogP contribution in [0.3, 0.4) is 0 Å². The molecule has 1 amide bonds. The Morgan fingerprint density at radius 2 is 1.93 bits per heavy atom. The number of piperidine rings is 1. The van der Waals surface area contributed by atoms with Gasteiger partial charge >= 0.3 is 0 Å². The second-order valence-electron chi connectivity index (χ2n) is 7.67.